The van der Waals surface area contributed by atoms with Gasteiger partial charge in [-0.15, -0.1) is 0 Å². The van der Waals surface area contributed by atoms with Gasteiger partial charge >= 0.3 is 6.09 Å². The zero-order valence-electron chi connectivity index (χ0n) is 9.98. The Balaban J connectivity index is 4.69. The van der Waals surface area contributed by atoms with Crippen LogP contribution in [0.15, 0.2) is 5.16 Å². The maximum atomic E-state index is 11.4. The monoisotopic (exact) mass is 250 g/mol. The van der Waals surface area contributed by atoms with Crippen molar-refractivity contribution < 1.29 is 18.0 Å². The van der Waals surface area contributed by atoms with E-state index in [1.165, 1.54) is 7.05 Å². The summed E-state index contributed by atoms with van der Waals surface area (Å²) < 4.78 is 22.8. The fraction of sp³-hybridized carbons (Fsp3) is 0.778. The van der Waals surface area contributed by atoms with Gasteiger partial charge in [-0.1, -0.05) is 25.9 Å². The number of carbonyl (C=O) groups is 1. The van der Waals surface area contributed by atoms with Gasteiger partial charge in [0.1, 0.15) is 0 Å². The van der Waals surface area contributed by atoms with E-state index in [0.717, 1.165) is 0 Å². The van der Waals surface area contributed by atoms with E-state index >= 15 is 0 Å². The molecule has 1 amide bonds. The molecule has 0 rings (SSSR count). The standard InChI is InChI=1S/C9H18N2O4S/c1-5-16(13,14)6-8(7(2)3)11-15-9(12)10-4/h7H,5-6H2,1-4H3,(H,10,12). The Bertz CT molecular complexity index is 360. The normalized spacial score (nSPS) is 12.7. The summed E-state index contributed by atoms with van der Waals surface area (Å²) in [5, 5.41) is 5.77. The van der Waals surface area contributed by atoms with Crippen molar-refractivity contribution in [1.82, 2.24) is 5.32 Å². The van der Waals surface area contributed by atoms with Crippen molar-refractivity contribution in [3.63, 3.8) is 0 Å². The highest BCUT2D eigenvalue weighted by atomic mass is 32.2. The Labute approximate surface area is 96.0 Å². The SMILES string of the molecule is CCS(=O)(=O)CC(=NOC(=O)NC)C(C)C. The minimum absolute atomic E-state index is 0.0404. The highest BCUT2D eigenvalue weighted by Crippen LogP contribution is 2.03. The van der Waals surface area contributed by atoms with Crippen molar-refractivity contribution in [1.29, 1.82) is 0 Å². The first-order valence-electron chi connectivity index (χ1n) is 4.98. The number of oxime groups is 1. The molecule has 1 N–H and O–H groups in total. The third-order valence-electron chi connectivity index (χ3n) is 1.92. The highest BCUT2D eigenvalue weighted by molar-refractivity contribution is 7.92. The lowest BCUT2D eigenvalue weighted by molar-refractivity contribution is 0.152. The number of carbonyl (C=O) groups excluding carboxylic acids is 1. The Morgan fingerprint density at radius 3 is 2.38 bits per heavy atom. The third-order valence-corrected chi connectivity index (χ3v) is 3.54. The van der Waals surface area contributed by atoms with E-state index in [2.05, 4.69) is 15.3 Å². The van der Waals surface area contributed by atoms with Crippen molar-refractivity contribution in [2.45, 2.75) is 20.8 Å². The van der Waals surface area contributed by atoms with E-state index in [0.29, 0.717) is 5.71 Å². The van der Waals surface area contributed by atoms with Crippen LogP contribution < -0.4 is 5.32 Å². The molecule has 7 heteroatoms. The first-order chi connectivity index (χ1) is 7.32. The van der Waals surface area contributed by atoms with Gasteiger partial charge < -0.3 is 5.32 Å². The summed E-state index contributed by atoms with van der Waals surface area (Å²) in [5.41, 5.74) is 0.338. The van der Waals surface area contributed by atoms with Crippen LogP contribution in [-0.4, -0.2) is 38.8 Å². The van der Waals surface area contributed by atoms with Gasteiger partial charge in [0.05, 0.1) is 11.5 Å². The average molecular weight is 250 g/mol. The summed E-state index contributed by atoms with van der Waals surface area (Å²) in [6.45, 7) is 5.14. The second kappa shape index (κ2) is 6.47. The predicted octanol–water partition coefficient (Wildman–Crippen LogP) is 0.789. The molecule has 0 atom stereocenters. The number of hydrogen-bond acceptors (Lipinski definition) is 5. The summed E-state index contributed by atoms with van der Waals surface area (Å²) in [6, 6.07) is 0. The molecule has 0 aromatic rings. The lowest BCUT2D eigenvalue weighted by Crippen LogP contribution is -2.24. The fourth-order valence-electron chi connectivity index (χ4n) is 0.772. The smallest absolute Gasteiger partial charge is 0.323 e. The summed E-state index contributed by atoms with van der Waals surface area (Å²) in [7, 11) is -1.76. The van der Waals surface area contributed by atoms with Gasteiger partial charge in [-0.3, -0.25) is 4.84 Å². The number of amides is 1. The molecule has 0 aliphatic rings. The first kappa shape index (κ1) is 14.9. The molecule has 0 bridgehead atoms. The fourth-order valence-corrected chi connectivity index (χ4v) is 1.81. The number of hydrogen-bond donors (Lipinski definition) is 1. The minimum atomic E-state index is -3.16. The van der Waals surface area contributed by atoms with E-state index in [-0.39, 0.29) is 17.4 Å². The summed E-state index contributed by atoms with van der Waals surface area (Å²) in [6.07, 6.45) is -0.716. The Morgan fingerprint density at radius 2 is 2.00 bits per heavy atom. The van der Waals surface area contributed by atoms with Crippen LogP contribution in [0.1, 0.15) is 20.8 Å². The third kappa shape index (κ3) is 5.69. The zero-order chi connectivity index (χ0) is 12.8. The maximum Gasteiger partial charge on any atom is 0.433 e. The summed E-state index contributed by atoms with van der Waals surface area (Å²) in [5.74, 6) is -0.234. The van der Waals surface area contributed by atoms with Gasteiger partial charge in [-0.05, 0) is 5.92 Å². The van der Waals surface area contributed by atoms with E-state index in [1.54, 1.807) is 20.8 Å². The van der Waals surface area contributed by atoms with E-state index in [1.807, 2.05) is 0 Å². The number of nitrogens with zero attached hydrogens (tertiary/aromatic N) is 1. The van der Waals surface area contributed by atoms with Gasteiger partial charge in [0, 0.05) is 12.8 Å². The molecular weight excluding hydrogens is 232 g/mol. The van der Waals surface area contributed by atoms with Crippen molar-refractivity contribution >= 4 is 21.6 Å². The first-order valence-corrected chi connectivity index (χ1v) is 6.80. The molecule has 6 nitrogen and oxygen atoms in total. The van der Waals surface area contributed by atoms with Gasteiger partial charge in [-0.2, -0.15) is 0 Å². The number of nitrogens with one attached hydrogen (secondary N) is 1. The largest absolute Gasteiger partial charge is 0.433 e. The van der Waals surface area contributed by atoms with Crippen molar-refractivity contribution in [3.05, 3.63) is 0 Å². The summed E-state index contributed by atoms with van der Waals surface area (Å²) >= 11 is 0. The molecule has 0 saturated heterocycles. The summed E-state index contributed by atoms with van der Waals surface area (Å²) in [4.78, 5) is 15.3. The molecule has 0 unspecified atom stereocenters. The minimum Gasteiger partial charge on any atom is -0.323 e. The highest BCUT2D eigenvalue weighted by Gasteiger charge is 2.16. The second-order valence-corrected chi connectivity index (χ2v) is 5.90. The predicted molar refractivity (Wildman–Crippen MR) is 62.1 cm³/mol. The molecule has 16 heavy (non-hydrogen) atoms. The lowest BCUT2D eigenvalue weighted by Gasteiger charge is -2.08. The van der Waals surface area contributed by atoms with Crippen LogP contribution in [0.2, 0.25) is 0 Å². The van der Waals surface area contributed by atoms with Crippen LogP contribution in [0, 0.1) is 5.92 Å². The molecular formula is C9H18N2O4S. The lowest BCUT2D eigenvalue weighted by atomic mass is 10.1. The molecule has 94 valence electrons. The van der Waals surface area contributed by atoms with E-state index < -0.39 is 15.9 Å². The molecule has 0 aromatic heterocycles. The van der Waals surface area contributed by atoms with Crippen molar-refractivity contribution in [3.8, 4) is 0 Å². The Hall–Kier alpha value is -1.11. The van der Waals surface area contributed by atoms with Crippen LogP contribution in [-0.2, 0) is 14.7 Å². The molecule has 0 saturated carbocycles. The average Bonchev–Trinajstić information content (AvgIpc) is 2.23. The molecule has 0 spiro atoms. The Kier molecular flexibility index (Phi) is 6.02. The van der Waals surface area contributed by atoms with Crippen LogP contribution in [0.4, 0.5) is 4.79 Å². The van der Waals surface area contributed by atoms with Crippen LogP contribution in [0.3, 0.4) is 0 Å². The number of sulfone groups is 1. The molecule has 0 radical (unpaired) electrons. The van der Waals surface area contributed by atoms with Crippen molar-refractivity contribution in [2.75, 3.05) is 18.6 Å². The molecule has 0 heterocycles. The van der Waals surface area contributed by atoms with Gasteiger partial charge in [0.25, 0.3) is 0 Å². The Morgan fingerprint density at radius 1 is 1.44 bits per heavy atom. The molecule has 0 aliphatic carbocycles. The number of rotatable bonds is 5. The van der Waals surface area contributed by atoms with E-state index in [9.17, 15) is 13.2 Å². The van der Waals surface area contributed by atoms with Crippen molar-refractivity contribution in [2.24, 2.45) is 11.1 Å². The molecule has 0 aromatic carbocycles. The quantitative estimate of drug-likeness (QED) is 0.444. The molecule has 0 fully saturated rings. The van der Waals surface area contributed by atoms with Gasteiger partial charge in [0.2, 0.25) is 0 Å². The van der Waals surface area contributed by atoms with Crippen LogP contribution in [0.25, 0.3) is 0 Å². The zero-order valence-corrected chi connectivity index (χ0v) is 10.8. The maximum absolute atomic E-state index is 11.4. The second-order valence-electron chi connectivity index (χ2n) is 3.54. The van der Waals surface area contributed by atoms with E-state index in [4.69, 9.17) is 0 Å². The van der Waals surface area contributed by atoms with Crippen LogP contribution in [0.5, 0.6) is 0 Å². The van der Waals surface area contributed by atoms with Gasteiger partial charge in [-0.25, -0.2) is 13.2 Å². The molecule has 0 aliphatic heterocycles. The van der Waals surface area contributed by atoms with Gasteiger partial charge in [0.15, 0.2) is 9.84 Å². The van der Waals surface area contributed by atoms with Crippen LogP contribution >= 0.6 is 0 Å². The topological polar surface area (TPSA) is 84.8 Å².